The molecule has 0 bridgehead atoms. The summed E-state index contributed by atoms with van der Waals surface area (Å²) in [5, 5.41) is 3.27. The molecule has 1 aromatic rings. The van der Waals surface area contributed by atoms with Gasteiger partial charge in [0, 0.05) is 38.1 Å². The molecule has 4 nitrogen and oxygen atoms in total. The van der Waals surface area contributed by atoms with Crippen LogP contribution in [0.3, 0.4) is 0 Å². The molecule has 6 heteroatoms. The van der Waals surface area contributed by atoms with E-state index in [1.54, 1.807) is 12.4 Å². The number of amides is 1. The van der Waals surface area contributed by atoms with Crippen LogP contribution in [0.5, 0.6) is 0 Å². The molecule has 1 aromatic heterocycles. The van der Waals surface area contributed by atoms with Crippen LogP contribution in [0.2, 0.25) is 0 Å². The van der Waals surface area contributed by atoms with Gasteiger partial charge in [-0.05, 0) is 25.5 Å². The maximum absolute atomic E-state index is 12.2. The predicted molar refractivity (Wildman–Crippen MR) is 76.8 cm³/mol. The molecule has 2 rings (SSSR count). The molecule has 1 atom stereocenters. The fourth-order valence-electron chi connectivity index (χ4n) is 1.98. The average Bonchev–Trinajstić information content (AvgIpc) is 2.29. The number of hydrogen-bond acceptors (Lipinski definition) is 3. The van der Waals surface area contributed by atoms with Crippen molar-refractivity contribution < 1.29 is 4.79 Å². The fourth-order valence-corrected chi connectivity index (χ4v) is 1.98. The van der Waals surface area contributed by atoms with Gasteiger partial charge in [0.25, 0.3) is 5.91 Å². The topological polar surface area (TPSA) is 45.2 Å². The Bertz CT molecular complexity index is 401. The second-order valence-corrected chi connectivity index (χ2v) is 4.30. The van der Waals surface area contributed by atoms with Crippen molar-refractivity contribution in [2.75, 3.05) is 19.6 Å². The van der Waals surface area contributed by atoms with Crippen LogP contribution in [0, 0.1) is 6.92 Å². The largest absolute Gasteiger partial charge is 0.333 e. The highest BCUT2D eigenvalue weighted by atomic mass is 35.5. The van der Waals surface area contributed by atoms with E-state index in [9.17, 15) is 4.79 Å². The molecule has 0 spiro atoms. The highest BCUT2D eigenvalue weighted by Crippen LogP contribution is 2.10. The molecule has 0 saturated carbocycles. The maximum Gasteiger partial charge on any atom is 0.255 e. The zero-order chi connectivity index (χ0) is 11.5. The fraction of sp³-hybridized carbons (Fsp3) is 0.500. The van der Waals surface area contributed by atoms with Gasteiger partial charge in [-0.2, -0.15) is 0 Å². The molecule has 1 amide bonds. The van der Waals surface area contributed by atoms with Crippen LogP contribution < -0.4 is 5.32 Å². The second kappa shape index (κ2) is 7.56. The van der Waals surface area contributed by atoms with Crippen LogP contribution in [-0.4, -0.2) is 41.5 Å². The van der Waals surface area contributed by atoms with E-state index >= 15 is 0 Å². The summed E-state index contributed by atoms with van der Waals surface area (Å²) in [7, 11) is 0. The predicted octanol–water partition coefficient (Wildman–Crippen LogP) is 1.67. The Morgan fingerprint density at radius 1 is 1.44 bits per heavy atom. The molecular formula is C12H19Cl2N3O. The molecule has 1 fully saturated rings. The molecule has 0 radical (unpaired) electrons. The van der Waals surface area contributed by atoms with Gasteiger partial charge >= 0.3 is 0 Å². The summed E-state index contributed by atoms with van der Waals surface area (Å²) in [6.07, 6.45) is 3.40. The smallest absolute Gasteiger partial charge is 0.255 e. The van der Waals surface area contributed by atoms with Gasteiger partial charge in [0.2, 0.25) is 0 Å². The van der Waals surface area contributed by atoms with E-state index in [4.69, 9.17) is 0 Å². The minimum absolute atomic E-state index is 0. The van der Waals surface area contributed by atoms with Gasteiger partial charge < -0.3 is 10.2 Å². The summed E-state index contributed by atoms with van der Waals surface area (Å²) in [4.78, 5) is 18.2. The first-order chi connectivity index (χ1) is 7.68. The van der Waals surface area contributed by atoms with E-state index in [1.807, 2.05) is 17.9 Å². The lowest BCUT2D eigenvalue weighted by Crippen LogP contribution is -2.52. The van der Waals surface area contributed by atoms with Crippen LogP contribution in [0.1, 0.15) is 22.8 Å². The third-order valence-electron chi connectivity index (χ3n) is 2.88. The first-order valence-corrected chi connectivity index (χ1v) is 5.62. The maximum atomic E-state index is 12.2. The van der Waals surface area contributed by atoms with E-state index < -0.39 is 0 Å². The van der Waals surface area contributed by atoms with Gasteiger partial charge in [0.05, 0.1) is 5.56 Å². The number of nitrogens with zero attached hydrogens (tertiary/aromatic N) is 2. The summed E-state index contributed by atoms with van der Waals surface area (Å²) in [6, 6.07) is 2.14. The van der Waals surface area contributed by atoms with E-state index in [-0.39, 0.29) is 36.8 Å². The standard InChI is InChI=1S/C12H17N3O.2ClH/c1-9-5-11(8-14-6-9)12(16)15-4-3-13-7-10(15)2;;/h5-6,8,10,13H,3-4,7H2,1-2H3;2*1H/t10-;;/m0../s1. The van der Waals surface area contributed by atoms with E-state index in [0.717, 1.165) is 25.2 Å². The number of nitrogens with one attached hydrogen (secondary N) is 1. The number of hydrogen-bond donors (Lipinski definition) is 1. The Morgan fingerprint density at radius 2 is 2.17 bits per heavy atom. The Kier molecular flexibility index (Phi) is 7.21. The molecule has 1 aliphatic heterocycles. The van der Waals surface area contributed by atoms with Crippen molar-refractivity contribution in [2.24, 2.45) is 0 Å². The lowest BCUT2D eigenvalue weighted by atomic mass is 10.1. The Morgan fingerprint density at radius 3 is 2.78 bits per heavy atom. The van der Waals surface area contributed by atoms with Crippen LogP contribution in [0.25, 0.3) is 0 Å². The monoisotopic (exact) mass is 291 g/mol. The Balaban J connectivity index is 0.00000144. The quantitative estimate of drug-likeness (QED) is 0.856. The third kappa shape index (κ3) is 3.83. The Labute approximate surface area is 120 Å². The number of rotatable bonds is 1. The molecule has 102 valence electrons. The number of aryl methyl sites for hydroxylation is 1. The van der Waals surface area contributed by atoms with E-state index in [0.29, 0.717) is 5.56 Å². The van der Waals surface area contributed by atoms with Crippen molar-refractivity contribution in [3.63, 3.8) is 0 Å². The van der Waals surface area contributed by atoms with Crippen molar-refractivity contribution >= 4 is 30.7 Å². The number of halogens is 2. The molecule has 0 aromatic carbocycles. The third-order valence-corrected chi connectivity index (χ3v) is 2.88. The van der Waals surface area contributed by atoms with Crippen molar-refractivity contribution in [1.29, 1.82) is 0 Å². The summed E-state index contributed by atoms with van der Waals surface area (Å²) in [5.41, 5.74) is 1.71. The summed E-state index contributed by atoms with van der Waals surface area (Å²) in [5.74, 6) is 0.0881. The van der Waals surface area contributed by atoms with Gasteiger partial charge in [0.15, 0.2) is 0 Å². The Hall–Kier alpha value is -0.840. The van der Waals surface area contributed by atoms with Gasteiger partial charge in [0.1, 0.15) is 0 Å². The van der Waals surface area contributed by atoms with Gasteiger partial charge in [-0.3, -0.25) is 9.78 Å². The zero-order valence-electron chi connectivity index (χ0n) is 10.5. The minimum Gasteiger partial charge on any atom is -0.333 e. The summed E-state index contributed by atoms with van der Waals surface area (Å²) >= 11 is 0. The van der Waals surface area contributed by atoms with Crippen LogP contribution in [0.15, 0.2) is 18.5 Å². The van der Waals surface area contributed by atoms with Crippen LogP contribution >= 0.6 is 24.8 Å². The van der Waals surface area contributed by atoms with Gasteiger partial charge in [-0.25, -0.2) is 0 Å². The number of carbonyl (C=O) groups is 1. The molecular weight excluding hydrogens is 273 g/mol. The van der Waals surface area contributed by atoms with Crippen molar-refractivity contribution in [2.45, 2.75) is 19.9 Å². The molecule has 1 N–H and O–H groups in total. The van der Waals surface area contributed by atoms with Crippen LogP contribution in [0.4, 0.5) is 0 Å². The summed E-state index contributed by atoms with van der Waals surface area (Å²) in [6.45, 7) is 6.52. The average molecular weight is 292 g/mol. The molecule has 18 heavy (non-hydrogen) atoms. The highest BCUT2D eigenvalue weighted by molar-refractivity contribution is 5.94. The number of carbonyl (C=O) groups excluding carboxylic acids is 1. The van der Waals surface area contributed by atoms with E-state index in [2.05, 4.69) is 17.2 Å². The number of piperazine rings is 1. The lowest BCUT2D eigenvalue weighted by molar-refractivity contribution is 0.0655. The van der Waals surface area contributed by atoms with Gasteiger partial charge in [-0.15, -0.1) is 24.8 Å². The second-order valence-electron chi connectivity index (χ2n) is 4.30. The first-order valence-electron chi connectivity index (χ1n) is 5.62. The van der Waals surface area contributed by atoms with Crippen LogP contribution in [-0.2, 0) is 0 Å². The molecule has 1 saturated heterocycles. The zero-order valence-corrected chi connectivity index (χ0v) is 12.2. The molecule has 1 aliphatic rings. The van der Waals surface area contributed by atoms with Crippen molar-refractivity contribution in [1.82, 2.24) is 15.2 Å². The van der Waals surface area contributed by atoms with E-state index in [1.165, 1.54) is 0 Å². The molecule has 0 unspecified atom stereocenters. The van der Waals surface area contributed by atoms with Crippen molar-refractivity contribution in [3.8, 4) is 0 Å². The lowest BCUT2D eigenvalue weighted by Gasteiger charge is -2.34. The molecule has 0 aliphatic carbocycles. The molecule has 2 heterocycles. The number of aromatic nitrogens is 1. The highest BCUT2D eigenvalue weighted by Gasteiger charge is 2.23. The SMILES string of the molecule is Cc1cncc(C(=O)N2CCNC[C@@H]2C)c1.Cl.Cl. The van der Waals surface area contributed by atoms with Gasteiger partial charge in [-0.1, -0.05) is 0 Å². The van der Waals surface area contributed by atoms with Crippen molar-refractivity contribution in [3.05, 3.63) is 29.6 Å². The number of pyridine rings is 1. The summed E-state index contributed by atoms with van der Waals surface area (Å²) < 4.78 is 0. The normalized spacial score (nSPS) is 18.6. The minimum atomic E-state index is 0. The first kappa shape index (κ1) is 17.2.